The molecular formula is C17H31N5. The van der Waals surface area contributed by atoms with Crippen molar-refractivity contribution >= 4 is 0 Å². The molecule has 2 aliphatic rings. The van der Waals surface area contributed by atoms with Gasteiger partial charge in [0.15, 0.2) is 0 Å². The van der Waals surface area contributed by atoms with Crippen LogP contribution in [0.1, 0.15) is 36.9 Å². The van der Waals surface area contributed by atoms with Crippen LogP contribution in [-0.4, -0.2) is 64.9 Å². The molecule has 0 radical (unpaired) electrons. The van der Waals surface area contributed by atoms with Gasteiger partial charge >= 0.3 is 0 Å². The highest BCUT2D eigenvalue weighted by molar-refractivity contribution is 5.15. The molecule has 3 heterocycles. The van der Waals surface area contributed by atoms with E-state index in [0.717, 1.165) is 13.1 Å². The molecule has 0 aromatic carbocycles. The quantitative estimate of drug-likeness (QED) is 0.861. The Morgan fingerprint density at radius 2 is 2.14 bits per heavy atom. The van der Waals surface area contributed by atoms with Gasteiger partial charge in [-0.3, -0.25) is 9.58 Å². The number of rotatable bonds is 6. The lowest BCUT2D eigenvalue weighted by atomic mass is 10.0. The lowest BCUT2D eigenvalue weighted by Crippen LogP contribution is -2.47. The SMILES string of the molecule is Cc1c(CN(CCN2CCCC2)C2CCCNC2)cnn1C. The minimum atomic E-state index is 0.677. The fraction of sp³-hybridized carbons (Fsp3) is 0.824. The highest BCUT2D eigenvalue weighted by atomic mass is 15.3. The van der Waals surface area contributed by atoms with Crippen molar-refractivity contribution in [3.63, 3.8) is 0 Å². The summed E-state index contributed by atoms with van der Waals surface area (Å²) in [5.74, 6) is 0. The molecule has 3 rings (SSSR count). The number of likely N-dealkylation sites (tertiary alicyclic amines) is 1. The van der Waals surface area contributed by atoms with E-state index in [1.54, 1.807) is 0 Å². The van der Waals surface area contributed by atoms with Crippen LogP contribution in [0, 0.1) is 6.92 Å². The van der Waals surface area contributed by atoms with E-state index in [0.29, 0.717) is 6.04 Å². The molecule has 2 aliphatic heterocycles. The molecule has 0 aliphatic carbocycles. The first-order chi connectivity index (χ1) is 10.7. The summed E-state index contributed by atoms with van der Waals surface area (Å²) in [6.45, 7) is 10.5. The monoisotopic (exact) mass is 305 g/mol. The lowest BCUT2D eigenvalue weighted by molar-refractivity contribution is 0.139. The zero-order valence-electron chi connectivity index (χ0n) is 14.2. The van der Waals surface area contributed by atoms with Gasteiger partial charge in [0, 0.05) is 50.5 Å². The Morgan fingerprint density at radius 3 is 2.77 bits per heavy atom. The van der Waals surface area contributed by atoms with E-state index >= 15 is 0 Å². The van der Waals surface area contributed by atoms with Gasteiger partial charge < -0.3 is 10.2 Å². The van der Waals surface area contributed by atoms with E-state index < -0.39 is 0 Å². The van der Waals surface area contributed by atoms with Crippen LogP contribution in [0.3, 0.4) is 0 Å². The minimum absolute atomic E-state index is 0.677. The van der Waals surface area contributed by atoms with Crippen molar-refractivity contribution in [1.29, 1.82) is 0 Å². The first-order valence-electron chi connectivity index (χ1n) is 8.88. The summed E-state index contributed by atoms with van der Waals surface area (Å²) in [7, 11) is 2.04. The van der Waals surface area contributed by atoms with E-state index in [9.17, 15) is 0 Å². The van der Waals surface area contributed by atoms with E-state index in [1.807, 2.05) is 11.7 Å². The second-order valence-corrected chi connectivity index (χ2v) is 6.90. The van der Waals surface area contributed by atoms with Crippen LogP contribution >= 0.6 is 0 Å². The van der Waals surface area contributed by atoms with Gasteiger partial charge in [-0.25, -0.2) is 0 Å². The largest absolute Gasteiger partial charge is 0.315 e. The van der Waals surface area contributed by atoms with Crippen molar-refractivity contribution in [2.75, 3.05) is 39.3 Å². The summed E-state index contributed by atoms with van der Waals surface area (Å²) >= 11 is 0. The maximum Gasteiger partial charge on any atom is 0.0537 e. The number of hydrogen-bond donors (Lipinski definition) is 1. The van der Waals surface area contributed by atoms with Crippen LogP contribution in [0.15, 0.2) is 6.20 Å². The van der Waals surface area contributed by atoms with Crippen LogP contribution in [0.4, 0.5) is 0 Å². The Balaban J connectivity index is 1.63. The molecule has 5 heteroatoms. The van der Waals surface area contributed by atoms with Crippen molar-refractivity contribution in [3.05, 3.63) is 17.5 Å². The molecule has 0 saturated carbocycles. The van der Waals surface area contributed by atoms with Gasteiger partial charge in [0.25, 0.3) is 0 Å². The highest BCUT2D eigenvalue weighted by Crippen LogP contribution is 2.17. The zero-order valence-corrected chi connectivity index (χ0v) is 14.2. The molecule has 5 nitrogen and oxygen atoms in total. The first-order valence-corrected chi connectivity index (χ1v) is 8.88. The third kappa shape index (κ3) is 3.89. The highest BCUT2D eigenvalue weighted by Gasteiger charge is 2.23. The molecule has 0 spiro atoms. The summed E-state index contributed by atoms with van der Waals surface area (Å²) in [5.41, 5.74) is 2.68. The zero-order chi connectivity index (χ0) is 15.4. The van der Waals surface area contributed by atoms with Gasteiger partial charge in [-0.2, -0.15) is 5.10 Å². The third-order valence-corrected chi connectivity index (χ3v) is 5.40. The summed E-state index contributed by atoms with van der Waals surface area (Å²) in [5, 5.41) is 7.99. The minimum Gasteiger partial charge on any atom is -0.315 e. The topological polar surface area (TPSA) is 36.3 Å². The molecule has 1 aromatic rings. The second-order valence-electron chi connectivity index (χ2n) is 6.90. The third-order valence-electron chi connectivity index (χ3n) is 5.40. The predicted octanol–water partition coefficient (Wildman–Crippen LogP) is 1.38. The summed E-state index contributed by atoms with van der Waals surface area (Å²) < 4.78 is 1.99. The van der Waals surface area contributed by atoms with Gasteiger partial charge in [-0.15, -0.1) is 0 Å². The number of nitrogens with zero attached hydrogens (tertiary/aromatic N) is 4. The average molecular weight is 305 g/mol. The van der Waals surface area contributed by atoms with Gasteiger partial charge in [0.2, 0.25) is 0 Å². The smallest absolute Gasteiger partial charge is 0.0537 e. The molecule has 1 unspecified atom stereocenters. The molecule has 0 bridgehead atoms. The lowest BCUT2D eigenvalue weighted by Gasteiger charge is -2.35. The average Bonchev–Trinajstić information content (AvgIpc) is 3.17. The Bertz CT molecular complexity index is 458. The Morgan fingerprint density at radius 1 is 1.32 bits per heavy atom. The fourth-order valence-electron chi connectivity index (χ4n) is 3.73. The van der Waals surface area contributed by atoms with Crippen LogP contribution in [0.25, 0.3) is 0 Å². The van der Waals surface area contributed by atoms with Gasteiger partial charge in [0.05, 0.1) is 6.20 Å². The van der Waals surface area contributed by atoms with Crippen LogP contribution in [0.5, 0.6) is 0 Å². The van der Waals surface area contributed by atoms with E-state index in [2.05, 4.69) is 33.3 Å². The summed E-state index contributed by atoms with van der Waals surface area (Å²) in [4.78, 5) is 5.31. The number of aromatic nitrogens is 2. The normalized spacial score (nSPS) is 23.5. The van der Waals surface area contributed by atoms with E-state index in [1.165, 1.54) is 69.7 Å². The van der Waals surface area contributed by atoms with Crippen molar-refractivity contribution in [2.24, 2.45) is 7.05 Å². The summed E-state index contributed by atoms with van der Waals surface area (Å²) in [6, 6.07) is 0.677. The number of nitrogens with one attached hydrogen (secondary N) is 1. The number of piperidine rings is 1. The fourth-order valence-corrected chi connectivity index (χ4v) is 3.73. The van der Waals surface area contributed by atoms with Crippen LogP contribution < -0.4 is 5.32 Å². The predicted molar refractivity (Wildman–Crippen MR) is 89.9 cm³/mol. The van der Waals surface area contributed by atoms with E-state index in [4.69, 9.17) is 0 Å². The number of aryl methyl sites for hydroxylation is 1. The Labute approximate surface area is 134 Å². The second kappa shape index (κ2) is 7.57. The molecule has 1 atom stereocenters. The van der Waals surface area contributed by atoms with Gasteiger partial charge in [-0.05, 0) is 52.2 Å². The van der Waals surface area contributed by atoms with Crippen LogP contribution in [-0.2, 0) is 13.6 Å². The first kappa shape index (κ1) is 16.0. The van der Waals surface area contributed by atoms with Gasteiger partial charge in [0.1, 0.15) is 0 Å². The van der Waals surface area contributed by atoms with Crippen molar-refractivity contribution in [3.8, 4) is 0 Å². The molecular weight excluding hydrogens is 274 g/mol. The summed E-state index contributed by atoms with van der Waals surface area (Å²) in [6.07, 6.45) is 7.44. The molecule has 2 fully saturated rings. The molecule has 1 N–H and O–H groups in total. The Hall–Kier alpha value is -0.910. The standard InChI is InChI=1S/C17H31N5/c1-15-16(12-19-20(15)2)14-22(17-6-5-7-18-13-17)11-10-21-8-3-4-9-21/h12,17-18H,3-11,13-14H2,1-2H3. The molecule has 1 aromatic heterocycles. The van der Waals surface area contributed by atoms with Crippen molar-refractivity contribution in [2.45, 2.75) is 45.2 Å². The molecule has 0 amide bonds. The number of hydrogen-bond acceptors (Lipinski definition) is 4. The van der Waals surface area contributed by atoms with Crippen molar-refractivity contribution in [1.82, 2.24) is 24.9 Å². The van der Waals surface area contributed by atoms with Crippen LogP contribution in [0.2, 0.25) is 0 Å². The van der Waals surface area contributed by atoms with Gasteiger partial charge in [-0.1, -0.05) is 0 Å². The Kier molecular flexibility index (Phi) is 5.50. The van der Waals surface area contributed by atoms with E-state index in [-0.39, 0.29) is 0 Å². The maximum absolute atomic E-state index is 4.42. The maximum atomic E-state index is 4.42. The molecule has 124 valence electrons. The molecule has 2 saturated heterocycles. The molecule has 22 heavy (non-hydrogen) atoms. The van der Waals surface area contributed by atoms with Crippen molar-refractivity contribution < 1.29 is 0 Å².